The zero-order chi connectivity index (χ0) is 10.4. The fraction of sp³-hybridized carbons (Fsp3) is 0.455. The van der Waals surface area contributed by atoms with Crippen LogP contribution >= 0.6 is 22.9 Å². The molecule has 0 aliphatic heterocycles. The molecule has 1 nitrogen and oxygen atoms in total. The molecule has 0 bridgehead atoms. The van der Waals surface area contributed by atoms with Crippen molar-refractivity contribution in [2.75, 3.05) is 13.1 Å². The number of nitrogens with one attached hydrogen (secondary N) is 1. The van der Waals surface area contributed by atoms with Crippen LogP contribution in [-0.4, -0.2) is 13.1 Å². The number of thiophene rings is 1. The van der Waals surface area contributed by atoms with E-state index in [4.69, 9.17) is 11.6 Å². The van der Waals surface area contributed by atoms with Gasteiger partial charge in [0.25, 0.3) is 0 Å². The maximum Gasteiger partial charge on any atom is 0.0934 e. The average Bonchev–Trinajstić information content (AvgIpc) is 2.50. The second kappa shape index (κ2) is 6.23. The van der Waals surface area contributed by atoms with E-state index >= 15 is 0 Å². The molecule has 0 unspecified atom stereocenters. The average molecular weight is 230 g/mol. The van der Waals surface area contributed by atoms with Crippen molar-refractivity contribution in [2.45, 2.75) is 13.8 Å². The van der Waals surface area contributed by atoms with Crippen LogP contribution in [0.25, 0.3) is 6.08 Å². The van der Waals surface area contributed by atoms with Gasteiger partial charge >= 0.3 is 0 Å². The summed E-state index contributed by atoms with van der Waals surface area (Å²) in [6.07, 6.45) is 4.23. The summed E-state index contributed by atoms with van der Waals surface area (Å²) in [4.78, 5) is 1.21. The first-order chi connectivity index (χ1) is 6.68. The van der Waals surface area contributed by atoms with Crippen molar-refractivity contribution >= 4 is 29.0 Å². The molecular weight excluding hydrogens is 214 g/mol. The van der Waals surface area contributed by atoms with Gasteiger partial charge in [0.05, 0.1) is 4.34 Å². The lowest BCUT2D eigenvalue weighted by Gasteiger charge is -2.03. The van der Waals surface area contributed by atoms with Gasteiger partial charge in [0.15, 0.2) is 0 Å². The van der Waals surface area contributed by atoms with E-state index < -0.39 is 0 Å². The first-order valence-electron chi connectivity index (χ1n) is 4.81. The molecule has 0 amide bonds. The quantitative estimate of drug-likeness (QED) is 0.760. The molecular formula is C11H16ClNS. The van der Waals surface area contributed by atoms with Gasteiger partial charge in [0.1, 0.15) is 0 Å². The highest BCUT2D eigenvalue weighted by Crippen LogP contribution is 2.22. The summed E-state index contributed by atoms with van der Waals surface area (Å²) in [5.74, 6) is 0.708. The van der Waals surface area contributed by atoms with Gasteiger partial charge in [-0.05, 0) is 30.7 Å². The Kier molecular flexibility index (Phi) is 5.23. The lowest BCUT2D eigenvalue weighted by atomic mass is 10.2. The van der Waals surface area contributed by atoms with Crippen LogP contribution in [0.4, 0.5) is 0 Å². The Morgan fingerprint density at radius 2 is 2.29 bits per heavy atom. The van der Waals surface area contributed by atoms with Crippen LogP contribution in [0.2, 0.25) is 4.34 Å². The molecule has 0 saturated heterocycles. The van der Waals surface area contributed by atoms with Gasteiger partial charge in [-0.25, -0.2) is 0 Å². The van der Waals surface area contributed by atoms with Crippen molar-refractivity contribution < 1.29 is 0 Å². The maximum absolute atomic E-state index is 5.81. The monoisotopic (exact) mass is 229 g/mol. The van der Waals surface area contributed by atoms with Crippen molar-refractivity contribution in [1.29, 1.82) is 0 Å². The SMILES string of the molecule is CC(C)CNCC=Cc1ccc(Cl)s1. The molecule has 1 aromatic heterocycles. The Labute approximate surface area is 94.8 Å². The Morgan fingerprint density at radius 3 is 2.86 bits per heavy atom. The summed E-state index contributed by atoms with van der Waals surface area (Å²) >= 11 is 7.41. The Morgan fingerprint density at radius 1 is 1.50 bits per heavy atom. The van der Waals surface area contributed by atoms with E-state index in [-0.39, 0.29) is 0 Å². The van der Waals surface area contributed by atoms with Crippen molar-refractivity contribution in [3.8, 4) is 0 Å². The maximum atomic E-state index is 5.81. The van der Waals surface area contributed by atoms with Crippen molar-refractivity contribution in [3.63, 3.8) is 0 Å². The van der Waals surface area contributed by atoms with Gasteiger partial charge in [-0.15, -0.1) is 11.3 Å². The van der Waals surface area contributed by atoms with E-state index in [1.54, 1.807) is 11.3 Å². The Balaban J connectivity index is 2.21. The molecule has 0 aromatic carbocycles. The number of rotatable bonds is 5. The fourth-order valence-corrected chi connectivity index (χ4v) is 2.04. The molecule has 0 aliphatic carbocycles. The molecule has 1 heterocycles. The molecule has 0 radical (unpaired) electrons. The molecule has 1 aromatic rings. The summed E-state index contributed by atoms with van der Waals surface area (Å²) in [6.45, 7) is 6.40. The molecule has 0 atom stereocenters. The lowest BCUT2D eigenvalue weighted by Crippen LogP contribution is -2.19. The van der Waals surface area contributed by atoms with Crippen LogP contribution in [0.5, 0.6) is 0 Å². The van der Waals surface area contributed by atoms with Crippen LogP contribution < -0.4 is 5.32 Å². The predicted molar refractivity (Wildman–Crippen MR) is 66.1 cm³/mol. The summed E-state index contributed by atoms with van der Waals surface area (Å²) < 4.78 is 0.847. The summed E-state index contributed by atoms with van der Waals surface area (Å²) in [5.41, 5.74) is 0. The highest BCUT2D eigenvalue weighted by molar-refractivity contribution is 7.16. The minimum Gasteiger partial charge on any atom is -0.313 e. The molecule has 0 spiro atoms. The summed E-state index contributed by atoms with van der Waals surface area (Å²) in [7, 11) is 0. The van der Waals surface area contributed by atoms with E-state index in [0.717, 1.165) is 17.4 Å². The first kappa shape index (κ1) is 11.8. The Bertz CT molecular complexity index is 291. The fourth-order valence-electron chi connectivity index (χ4n) is 1.05. The molecule has 1 rings (SSSR count). The molecule has 0 aliphatic rings. The van der Waals surface area contributed by atoms with Crippen LogP contribution in [-0.2, 0) is 0 Å². The standard InChI is InChI=1S/C11H16ClNS/c1-9(2)8-13-7-3-4-10-5-6-11(12)14-10/h3-6,9,13H,7-8H2,1-2H3. The van der Waals surface area contributed by atoms with E-state index in [1.165, 1.54) is 4.88 Å². The van der Waals surface area contributed by atoms with Crippen molar-refractivity contribution in [1.82, 2.24) is 5.32 Å². The number of hydrogen-bond acceptors (Lipinski definition) is 2. The van der Waals surface area contributed by atoms with Gasteiger partial charge < -0.3 is 5.32 Å². The van der Waals surface area contributed by atoms with Crippen LogP contribution in [0.15, 0.2) is 18.2 Å². The number of hydrogen-bond donors (Lipinski definition) is 1. The smallest absolute Gasteiger partial charge is 0.0934 e. The number of halogens is 1. The molecule has 3 heteroatoms. The summed E-state index contributed by atoms with van der Waals surface area (Å²) in [5, 5.41) is 3.35. The molecule has 78 valence electrons. The molecule has 14 heavy (non-hydrogen) atoms. The zero-order valence-corrected chi connectivity index (χ0v) is 10.2. The van der Waals surface area contributed by atoms with E-state index in [0.29, 0.717) is 5.92 Å². The second-order valence-corrected chi connectivity index (χ2v) is 5.34. The van der Waals surface area contributed by atoms with E-state index in [1.807, 2.05) is 12.1 Å². The third kappa shape index (κ3) is 4.80. The molecule has 0 saturated carbocycles. The van der Waals surface area contributed by atoms with Crippen LogP contribution in [0.1, 0.15) is 18.7 Å². The van der Waals surface area contributed by atoms with E-state index in [2.05, 4.69) is 31.3 Å². The lowest BCUT2D eigenvalue weighted by molar-refractivity contribution is 0.577. The predicted octanol–water partition coefficient (Wildman–Crippen LogP) is 3.66. The molecule has 0 fully saturated rings. The van der Waals surface area contributed by atoms with Gasteiger partial charge in [-0.1, -0.05) is 31.5 Å². The topological polar surface area (TPSA) is 12.0 Å². The highest BCUT2D eigenvalue weighted by Gasteiger charge is 1.92. The normalized spacial score (nSPS) is 11.7. The van der Waals surface area contributed by atoms with Crippen molar-refractivity contribution in [2.24, 2.45) is 5.92 Å². The first-order valence-corrected chi connectivity index (χ1v) is 6.00. The van der Waals surface area contributed by atoms with Gasteiger partial charge in [0.2, 0.25) is 0 Å². The third-order valence-electron chi connectivity index (χ3n) is 1.69. The van der Waals surface area contributed by atoms with Gasteiger partial charge in [0, 0.05) is 11.4 Å². The minimum atomic E-state index is 0.708. The third-order valence-corrected chi connectivity index (χ3v) is 2.89. The Hall–Kier alpha value is -0.310. The second-order valence-electron chi connectivity index (χ2n) is 3.60. The van der Waals surface area contributed by atoms with Crippen LogP contribution in [0.3, 0.4) is 0 Å². The van der Waals surface area contributed by atoms with Gasteiger partial charge in [-0.2, -0.15) is 0 Å². The van der Waals surface area contributed by atoms with E-state index in [9.17, 15) is 0 Å². The summed E-state index contributed by atoms with van der Waals surface area (Å²) in [6, 6.07) is 3.96. The van der Waals surface area contributed by atoms with Gasteiger partial charge in [-0.3, -0.25) is 0 Å². The largest absolute Gasteiger partial charge is 0.313 e. The van der Waals surface area contributed by atoms with Crippen LogP contribution in [0, 0.1) is 5.92 Å². The zero-order valence-electron chi connectivity index (χ0n) is 8.59. The highest BCUT2D eigenvalue weighted by atomic mass is 35.5. The minimum absolute atomic E-state index is 0.708. The van der Waals surface area contributed by atoms with Crippen molar-refractivity contribution in [3.05, 3.63) is 27.4 Å². The molecule has 1 N–H and O–H groups in total.